The predicted molar refractivity (Wildman–Crippen MR) is 91.1 cm³/mol. The van der Waals surface area contributed by atoms with Crippen molar-refractivity contribution >= 4 is 17.9 Å². The Kier molecular flexibility index (Phi) is 6.29. The van der Waals surface area contributed by atoms with Crippen molar-refractivity contribution in [3.63, 3.8) is 0 Å². The van der Waals surface area contributed by atoms with Crippen molar-refractivity contribution in [2.45, 2.75) is 65.0 Å². The fraction of sp³-hybridized carbons (Fsp3) is 0.588. The smallest absolute Gasteiger partial charge is 0.408 e. The lowest BCUT2D eigenvalue weighted by Crippen LogP contribution is -2.47. The standard InChI is InChI=1S/C17H26FN3O3/c1-16(2,3)24-15(22)21-17(4,5)10-13(19)23-14(20)11-6-8-12(18)9-7-11/h6,8,19-20H,7,9-10H2,1-5H3,(H,21,22). The van der Waals surface area contributed by atoms with Crippen LogP contribution in [0.25, 0.3) is 0 Å². The molecule has 0 aromatic heterocycles. The first-order valence-corrected chi connectivity index (χ1v) is 7.78. The summed E-state index contributed by atoms with van der Waals surface area (Å²) >= 11 is 0. The van der Waals surface area contributed by atoms with Crippen molar-refractivity contribution in [3.8, 4) is 0 Å². The minimum absolute atomic E-state index is 0.0894. The Bertz CT molecular complexity index is 586. The van der Waals surface area contributed by atoms with Crippen molar-refractivity contribution in [3.05, 3.63) is 23.6 Å². The first-order chi connectivity index (χ1) is 10.9. The van der Waals surface area contributed by atoms with Crippen LogP contribution in [0.15, 0.2) is 23.6 Å². The van der Waals surface area contributed by atoms with Crippen LogP contribution in [0.4, 0.5) is 9.18 Å². The molecule has 0 saturated heterocycles. The summed E-state index contributed by atoms with van der Waals surface area (Å²) in [6, 6.07) is 0. The number of halogens is 1. The number of carbonyl (C=O) groups excluding carboxylic acids is 1. The van der Waals surface area contributed by atoms with Gasteiger partial charge < -0.3 is 14.8 Å². The van der Waals surface area contributed by atoms with Gasteiger partial charge in [0.15, 0.2) is 5.90 Å². The number of nitrogens with one attached hydrogen (secondary N) is 3. The number of alkyl carbamates (subject to hydrolysis) is 1. The number of rotatable bonds is 4. The number of amides is 1. The van der Waals surface area contributed by atoms with Gasteiger partial charge in [0.05, 0.1) is 0 Å². The SMILES string of the molecule is CC(C)(CC(=N)OC(=N)C1=CC=C(F)CC1)NC(=O)OC(C)(C)C. The van der Waals surface area contributed by atoms with Gasteiger partial charge in [0.25, 0.3) is 0 Å². The molecule has 134 valence electrons. The molecule has 1 aliphatic carbocycles. The Morgan fingerprint density at radius 1 is 1.21 bits per heavy atom. The Labute approximate surface area is 142 Å². The van der Waals surface area contributed by atoms with Crippen LogP contribution in [0, 0.1) is 10.8 Å². The highest BCUT2D eigenvalue weighted by Crippen LogP contribution is 2.21. The maximum absolute atomic E-state index is 13.0. The molecule has 0 aromatic rings. The van der Waals surface area contributed by atoms with E-state index in [9.17, 15) is 9.18 Å². The van der Waals surface area contributed by atoms with Gasteiger partial charge >= 0.3 is 6.09 Å². The van der Waals surface area contributed by atoms with Gasteiger partial charge in [0, 0.05) is 24.0 Å². The van der Waals surface area contributed by atoms with Crippen molar-refractivity contribution in [1.82, 2.24) is 5.32 Å². The minimum atomic E-state index is -0.771. The molecule has 0 unspecified atom stereocenters. The summed E-state index contributed by atoms with van der Waals surface area (Å²) in [7, 11) is 0. The van der Waals surface area contributed by atoms with E-state index in [4.69, 9.17) is 20.3 Å². The maximum Gasteiger partial charge on any atom is 0.408 e. The van der Waals surface area contributed by atoms with Crippen molar-refractivity contribution in [2.75, 3.05) is 0 Å². The van der Waals surface area contributed by atoms with Gasteiger partial charge in [0.1, 0.15) is 11.4 Å². The number of ether oxygens (including phenoxy) is 2. The van der Waals surface area contributed by atoms with Gasteiger partial charge in [-0.1, -0.05) is 6.08 Å². The van der Waals surface area contributed by atoms with Gasteiger partial charge in [0.2, 0.25) is 5.90 Å². The molecular weight excluding hydrogens is 313 g/mol. The second kappa shape index (κ2) is 7.59. The maximum atomic E-state index is 13.0. The Morgan fingerprint density at radius 3 is 2.33 bits per heavy atom. The molecule has 0 bridgehead atoms. The van der Waals surface area contributed by atoms with Crippen LogP contribution in [0.2, 0.25) is 0 Å². The van der Waals surface area contributed by atoms with E-state index in [1.807, 2.05) is 0 Å². The van der Waals surface area contributed by atoms with Crippen molar-refractivity contribution in [2.24, 2.45) is 0 Å². The molecule has 0 aromatic carbocycles. The average molecular weight is 339 g/mol. The van der Waals surface area contributed by atoms with Crippen molar-refractivity contribution in [1.29, 1.82) is 10.8 Å². The second-order valence-electron chi connectivity index (χ2n) is 7.35. The highest BCUT2D eigenvalue weighted by atomic mass is 19.1. The second-order valence-corrected chi connectivity index (χ2v) is 7.35. The Morgan fingerprint density at radius 2 is 1.83 bits per heavy atom. The molecule has 3 N–H and O–H groups in total. The van der Waals surface area contributed by atoms with E-state index in [0.717, 1.165) is 0 Å². The molecule has 0 spiro atoms. The van der Waals surface area contributed by atoms with Crippen LogP contribution in [0.5, 0.6) is 0 Å². The first kappa shape index (κ1) is 19.9. The molecule has 0 fully saturated rings. The summed E-state index contributed by atoms with van der Waals surface area (Å²) in [6.07, 6.45) is 2.90. The Hall–Kier alpha value is -2.18. The molecule has 0 aliphatic heterocycles. The third-order valence-electron chi connectivity index (χ3n) is 3.06. The number of hydrogen-bond donors (Lipinski definition) is 3. The molecule has 0 radical (unpaired) electrons. The van der Waals surface area contributed by atoms with Gasteiger partial charge in [-0.15, -0.1) is 0 Å². The summed E-state index contributed by atoms with van der Waals surface area (Å²) in [5, 5.41) is 18.4. The highest BCUT2D eigenvalue weighted by molar-refractivity contribution is 5.99. The van der Waals surface area contributed by atoms with E-state index >= 15 is 0 Å². The summed E-state index contributed by atoms with van der Waals surface area (Å²) in [5.74, 6) is -0.557. The summed E-state index contributed by atoms with van der Waals surface area (Å²) in [5.41, 5.74) is -0.839. The molecule has 1 rings (SSSR count). The zero-order valence-electron chi connectivity index (χ0n) is 14.9. The molecule has 7 heteroatoms. The molecule has 6 nitrogen and oxygen atoms in total. The largest absolute Gasteiger partial charge is 0.444 e. The third-order valence-corrected chi connectivity index (χ3v) is 3.06. The van der Waals surface area contributed by atoms with E-state index in [1.165, 1.54) is 12.2 Å². The van der Waals surface area contributed by atoms with Crippen LogP contribution in [0.3, 0.4) is 0 Å². The van der Waals surface area contributed by atoms with E-state index in [2.05, 4.69) is 5.32 Å². The topological polar surface area (TPSA) is 95.3 Å². The lowest BCUT2D eigenvalue weighted by molar-refractivity contribution is 0.0474. The number of hydrogen-bond acceptors (Lipinski definition) is 5. The first-order valence-electron chi connectivity index (χ1n) is 7.78. The fourth-order valence-corrected chi connectivity index (χ4v) is 2.05. The van der Waals surface area contributed by atoms with E-state index in [-0.39, 0.29) is 30.5 Å². The predicted octanol–water partition coefficient (Wildman–Crippen LogP) is 4.22. The third kappa shape index (κ3) is 7.39. The Balaban J connectivity index is 2.54. The molecule has 0 heterocycles. The summed E-state index contributed by atoms with van der Waals surface area (Å²) in [6.45, 7) is 8.76. The van der Waals surface area contributed by atoms with Crippen LogP contribution < -0.4 is 5.32 Å². The van der Waals surface area contributed by atoms with Gasteiger partial charge in [-0.3, -0.25) is 10.8 Å². The lowest BCUT2D eigenvalue weighted by Gasteiger charge is -2.28. The van der Waals surface area contributed by atoms with Crippen LogP contribution in [-0.2, 0) is 9.47 Å². The number of allylic oxidation sites excluding steroid dienone is 3. The monoisotopic (exact) mass is 339 g/mol. The van der Waals surface area contributed by atoms with E-state index in [0.29, 0.717) is 12.0 Å². The summed E-state index contributed by atoms with van der Waals surface area (Å²) in [4.78, 5) is 11.8. The molecule has 0 atom stereocenters. The van der Waals surface area contributed by atoms with E-state index < -0.39 is 17.2 Å². The van der Waals surface area contributed by atoms with Crippen LogP contribution >= 0.6 is 0 Å². The summed E-state index contributed by atoms with van der Waals surface area (Å²) < 4.78 is 23.3. The minimum Gasteiger partial charge on any atom is -0.444 e. The average Bonchev–Trinajstić information content (AvgIpc) is 2.34. The zero-order valence-corrected chi connectivity index (χ0v) is 14.9. The highest BCUT2D eigenvalue weighted by Gasteiger charge is 2.27. The molecule has 24 heavy (non-hydrogen) atoms. The van der Waals surface area contributed by atoms with Gasteiger partial charge in [-0.25, -0.2) is 9.18 Å². The van der Waals surface area contributed by atoms with Gasteiger partial charge in [-0.2, -0.15) is 0 Å². The van der Waals surface area contributed by atoms with Crippen LogP contribution in [0.1, 0.15) is 53.9 Å². The normalized spacial score (nSPS) is 15.1. The van der Waals surface area contributed by atoms with Crippen molar-refractivity contribution < 1.29 is 18.7 Å². The quantitative estimate of drug-likeness (QED) is 0.528. The van der Waals surface area contributed by atoms with Gasteiger partial charge in [-0.05, 0) is 47.1 Å². The number of carbonyl (C=O) groups is 1. The molecule has 1 amide bonds. The van der Waals surface area contributed by atoms with Crippen LogP contribution in [-0.4, -0.2) is 29.0 Å². The van der Waals surface area contributed by atoms with E-state index in [1.54, 1.807) is 34.6 Å². The molecule has 1 aliphatic rings. The fourth-order valence-electron chi connectivity index (χ4n) is 2.05. The zero-order chi connectivity index (χ0) is 18.5. The lowest BCUT2D eigenvalue weighted by atomic mass is 10.0. The molecular formula is C17H26FN3O3. The molecule has 0 saturated carbocycles.